The van der Waals surface area contributed by atoms with Gasteiger partial charge in [-0.05, 0) is 17.7 Å². The van der Waals surface area contributed by atoms with Crippen LogP contribution in [0.2, 0.25) is 0 Å². The minimum Gasteiger partial charge on any atom is -0.387 e. The zero-order valence-electron chi connectivity index (χ0n) is 11.3. The van der Waals surface area contributed by atoms with Crippen molar-refractivity contribution in [2.75, 3.05) is 13.1 Å². The molecule has 0 spiro atoms. The van der Waals surface area contributed by atoms with Crippen LogP contribution in [-0.4, -0.2) is 23.3 Å². The van der Waals surface area contributed by atoms with E-state index in [-0.39, 0.29) is 18.7 Å². The smallest absolute Gasteiger partial charge is 0.131 e. The van der Waals surface area contributed by atoms with Crippen LogP contribution in [0.15, 0.2) is 48.5 Å². The van der Waals surface area contributed by atoms with Gasteiger partial charge in [0.2, 0.25) is 0 Å². The van der Waals surface area contributed by atoms with Crippen LogP contribution in [0.3, 0.4) is 0 Å². The fraction of sp³-hybridized carbons (Fsp3) is 0.250. The maximum atomic E-state index is 13.5. The molecular weight excluding hydrogens is 276 g/mol. The van der Waals surface area contributed by atoms with Gasteiger partial charge in [-0.2, -0.15) is 0 Å². The summed E-state index contributed by atoms with van der Waals surface area (Å²) in [5.41, 5.74) is 0.371. The number of hydrogen-bond acceptors (Lipinski definition) is 3. The van der Waals surface area contributed by atoms with E-state index in [0.717, 1.165) is 17.7 Å². The van der Waals surface area contributed by atoms with Gasteiger partial charge in [-0.1, -0.05) is 36.4 Å². The van der Waals surface area contributed by atoms with Crippen molar-refractivity contribution >= 4 is 0 Å². The van der Waals surface area contributed by atoms with Crippen LogP contribution < -0.4 is 5.32 Å². The van der Waals surface area contributed by atoms with Gasteiger partial charge >= 0.3 is 0 Å². The van der Waals surface area contributed by atoms with E-state index < -0.39 is 23.8 Å². The Hall–Kier alpha value is -1.82. The Morgan fingerprint density at radius 3 is 2.00 bits per heavy atom. The Bertz CT molecular complexity index is 557. The van der Waals surface area contributed by atoms with E-state index in [0.29, 0.717) is 0 Å². The third kappa shape index (κ3) is 4.07. The third-order valence-corrected chi connectivity index (χ3v) is 3.19. The van der Waals surface area contributed by atoms with E-state index in [1.54, 1.807) is 12.1 Å². The number of nitrogens with one attached hydrogen (secondary N) is 1. The Labute approximate surface area is 121 Å². The Kier molecular flexibility index (Phi) is 5.38. The van der Waals surface area contributed by atoms with E-state index in [1.165, 1.54) is 6.07 Å². The molecule has 2 unspecified atom stereocenters. The second-order valence-electron chi connectivity index (χ2n) is 4.74. The Morgan fingerprint density at radius 1 is 0.810 bits per heavy atom. The molecule has 0 heterocycles. The van der Waals surface area contributed by atoms with Crippen molar-refractivity contribution in [3.63, 3.8) is 0 Å². The van der Waals surface area contributed by atoms with Gasteiger partial charge in [0, 0.05) is 13.1 Å². The fourth-order valence-corrected chi connectivity index (χ4v) is 2.08. The molecule has 21 heavy (non-hydrogen) atoms. The molecule has 0 aliphatic carbocycles. The molecule has 3 nitrogen and oxygen atoms in total. The molecule has 2 aromatic rings. The van der Waals surface area contributed by atoms with Crippen molar-refractivity contribution in [2.45, 2.75) is 12.2 Å². The molecular formula is C16H17F2NO2. The lowest BCUT2D eigenvalue weighted by Gasteiger charge is -2.16. The van der Waals surface area contributed by atoms with Crippen LogP contribution in [0.1, 0.15) is 23.3 Å². The van der Waals surface area contributed by atoms with E-state index in [1.807, 2.05) is 18.2 Å². The third-order valence-electron chi connectivity index (χ3n) is 3.19. The molecule has 2 aromatic carbocycles. The van der Waals surface area contributed by atoms with Gasteiger partial charge in [-0.15, -0.1) is 0 Å². The van der Waals surface area contributed by atoms with Crippen molar-refractivity contribution in [1.29, 1.82) is 0 Å². The first-order valence-electron chi connectivity index (χ1n) is 6.65. The highest BCUT2D eigenvalue weighted by Gasteiger charge is 2.17. The molecule has 0 aliphatic rings. The summed E-state index contributed by atoms with van der Waals surface area (Å²) in [6.07, 6.45) is -2.06. The average Bonchev–Trinajstić information content (AvgIpc) is 2.48. The lowest BCUT2D eigenvalue weighted by molar-refractivity contribution is 0.142. The minimum absolute atomic E-state index is 0.0538. The van der Waals surface area contributed by atoms with Crippen molar-refractivity contribution in [3.05, 3.63) is 71.3 Å². The minimum atomic E-state index is -1.31. The molecule has 112 valence electrons. The second kappa shape index (κ2) is 7.26. The van der Waals surface area contributed by atoms with E-state index >= 15 is 0 Å². The van der Waals surface area contributed by atoms with Crippen LogP contribution in [0, 0.1) is 11.6 Å². The number of aliphatic hydroxyl groups excluding tert-OH is 2. The zero-order valence-corrected chi connectivity index (χ0v) is 11.3. The molecule has 2 atom stereocenters. The Morgan fingerprint density at radius 2 is 1.38 bits per heavy atom. The predicted molar refractivity (Wildman–Crippen MR) is 75.6 cm³/mol. The normalized spacial score (nSPS) is 13.9. The molecule has 0 fully saturated rings. The highest BCUT2D eigenvalue weighted by molar-refractivity contribution is 5.22. The van der Waals surface area contributed by atoms with Gasteiger partial charge in [0.15, 0.2) is 0 Å². The number of hydrogen-bond donors (Lipinski definition) is 3. The number of aliphatic hydroxyl groups is 2. The maximum absolute atomic E-state index is 13.5. The van der Waals surface area contributed by atoms with E-state index in [4.69, 9.17) is 0 Å². The molecule has 2 rings (SSSR count). The number of halogens is 2. The van der Waals surface area contributed by atoms with Gasteiger partial charge in [-0.3, -0.25) is 0 Å². The van der Waals surface area contributed by atoms with Gasteiger partial charge in [0.1, 0.15) is 11.6 Å². The maximum Gasteiger partial charge on any atom is 0.131 e. The molecule has 5 heteroatoms. The number of benzene rings is 2. The summed E-state index contributed by atoms with van der Waals surface area (Å²) in [5.74, 6) is -1.57. The largest absolute Gasteiger partial charge is 0.387 e. The van der Waals surface area contributed by atoms with Crippen molar-refractivity contribution in [1.82, 2.24) is 5.32 Å². The molecule has 0 radical (unpaired) electrons. The highest BCUT2D eigenvalue weighted by Crippen LogP contribution is 2.20. The van der Waals surface area contributed by atoms with Gasteiger partial charge in [-0.25, -0.2) is 8.78 Å². The van der Waals surface area contributed by atoms with Gasteiger partial charge in [0.05, 0.1) is 17.8 Å². The summed E-state index contributed by atoms with van der Waals surface area (Å²) < 4.78 is 26.9. The van der Waals surface area contributed by atoms with Gasteiger partial charge < -0.3 is 15.5 Å². The molecule has 0 bridgehead atoms. The van der Waals surface area contributed by atoms with Crippen molar-refractivity contribution < 1.29 is 19.0 Å². The molecule has 0 amide bonds. The van der Waals surface area contributed by atoms with Crippen LogP contribution in [0.25, 0.3) is 0 Å². The van der Waals surface area contributed by atoms with Gasteiger partial charge in [0.25, 0.3) is 0 Å². The summed E-state index contributed by atoms with van der Waals surface area (Å²) in [6, 6.07) is 12.4. The average molecular weight is 293 g/mol. The predicted octanol–water partition coefficient (Wildman–Crippen LogP) is 2.32. The second-order valence-corrected chi connectivity index (χ2v) is 4.74. The van der Waals surface area contributed by atoms with Crippen molar-refractivity contribution in [2.24, 2.45) is 0 Å². The highest BCUT2D eigenvalue weighted by atomic mass is 19.1. The van der Waals surface area contributed by atoms with Crippen LogP contribution in [0.4, 0.5) is 8.78 Å². The quantitative estimate of drug-likeness (QED) is 0.766. The first-order valence-corrected chi connectivity index (χ1v) is 6.65. The molecule has 0 saturated heterocycles. The first-order chi connectivity index (χ1) is 10.1. The number of rotatable bonds is 6. The zero-order chi connectivity index (χ0) is 15.2. The molecule has 0 aromatic heterocycles. The van der Waals surface area contributed by atoms with Crippen LogP contribution in [0.5, 0.6) is 0 Å². The standard InChI is InChI=1S/C16H17F2NO2/c17-12-7-4-8-13(18)16(12)15(21)10-19-9-14(20)11-5-2-1-3-6-11/h1-8,14-15,19-21H,9-10H2. The topological polar surface area (TPSA) is 52.5 Å². The first kappa shape index (κ1) is 15.6. The van der Waals surface area contributed by atoms with Crippen molar-refractivity contribution in [3.8, 4) is 0 Å². The summed E-state index contributed by atoms with van der Waals surface area (Å²) in [7, 11) is 0. The van der Waals surface area contributed by atoms with Crippen LogP contribution >= 0.6 is 0 Å². The Balaban J connectivity index is 1.89. The summed E-state index contributed by atoms with van der Waals surface area (Å²) in [4.78, 5) is 0. The molecule has 0 saturated carbocycles. The summed E-state index contributed by atoms with van der Waals surface area (Å²) in [6.45, 7) is 0.124. The summed E-state index contributed by atoms with van der Waals surface area (Å²) >= 11 is 0. The fourth-order valence-electron chi connectivity index (χ4n) is 2.08. The molecule has 0 aliphatic heterocycles. The molecule has 3 N–H and O–H groups in total. The SMILES string of the molecule is OC(CNCC(O)c1c(F)cccc1F)c1ccccc1. The summed E-state index contributed by atoms with van der Waals surface area (Å²) in [5, 5.41) is 22.6. The van der Waals surface area contributed by atoms with E-state index in [9.17, 15) is 19.0 Å². The lowest BCUT2D eigenvalue weighted by Crippen LogP contribution is -2.27. The van der Waals surface area contributed by atoms with E-state index in [2.05, 4.69) is 5.32 Å². The lowest BCUT2D eigenvalue weighted by atomic mass is 10.1. The monoisotopic (exact) mass is 293 g/mol. The van der Waals surface area contributed by atoms with Crippen LogP contribution in [-0.2, 0) is 0 Å².